The van der Waals surface area contributed by atoms with Crippen molar-refractivity contribution in [3.8, 4) is 0 Å². The Bertz CT molecular complexity index is 723. The number of hydrogen-bond acceptors (Lipinski definition) is 4. The molecule has 2 aliphatic rings. The minimum atomic E-state index is -0.0928. The summed E-state index contributed by atoms with van der Waals surface area (Å²) in [7, 11) is 0. The summed E-state index contributed by atoms with van der Waals surface area (Å²) in [5.41, 5.74) is 3.40. The zero-order chi connectivity index (χ0) is 15.5. The summed E-state index contributed by atoms with van der Waals surface area (Å²) in [4.78, 5) is 7.42. The van der Waals surface area contributed by atoms with Gasteiger partial charge in [-0.15, -0.1) is 0 Å². The van der Waals surface area contributed by atoms with Gasteiger partial charge in [-0.2, -0.15) is 0 Å². The van der Waals surface area contributed by atoms with Crippen molar-refractivity contribution in [3.63, 3.8) is 0 Å². The molecule has 0 saturated carbocycles. The van der Waals surface area contributed by atoms with E-state index in [1.807, 2.05) is 6.07 Å². The van der Waals surface area contributed by atoms with Crippen LogP contribution in [-0.2, 0) is 9.47 Å². The second-order valence-electron chi connectivity index (χ2n) is 5.69. The number of ether oxygens (including phenoxy) is 2. The third-order valence-electron chi connectivity index (χ3n) is 4.05. The Labute approximate surface area is 140 Å². The molecular formula is C19H19NO2S. The van der Waals surface area contributed by atoms with E-state index in [4.69, 9.17) is 14.5 Å². The molecule has 0 unspecified atom stereocenters. The summed E-state index contributed by atoms with van der Waals surface area (Å²) in [6, 6.07) is 16.8. The highest BCUT2D eigenvalue weighted by Crippen LogP contribution is 2.40. The number of nitrogens with zero attached hydrogens (tertiary/aromatic N) is 1. The molecule has 118 valence electrons. The van der Waals surface area contributed by atoms with Gasteiger partial charge in [0.1, 0.15) is 0 Å². The fourth-order valence-electron chi connectivity index (χ4n) is 2.90. The molecule has 0 radical (unpaired) electrons. The van der Waals surface area contributed by atoms with E-state index in [2.05, 4.69) is 42.5 Å². The van der Waals surface area contributed by atoms with Crippen LogP contribution in [0.3, 0.4) is 0 Å². The molecule has 4 heteroatoms. The monoisotopic (exact) mass is 325 g/mol. The first kappa shape index (κ1) is 14.9. The predicted octanol–water partition coefficient (Wildman–Crippen LogP) is 4.82. The summed E-state index contributed by atoms with van der Waals surface area (Å²) in [5.74, 6) is 0. The van der Waals surface area contributed by atoms with Crippen molar-refractivity contribution < 1.29 is 9.47 Å². The first-order chi connectivity index (χ1) is 11.4. The van der Waals surface area contributed by atoms with Crippen LogP contribution in [0.5, 0.6) is 0 Å². The summed E-state index contributed by atoms with van der Waals surface area (Å²) in [5, 5.41) is 0. The van der Waals surface area contributed by atoms with Crippen molar-refractivity contribution in [3.05, 3.63) is 54.1 Å². The standard InChI is InChI=1S/C19H19NO2S/c1-3-8-17-14(6-1)15(10-11-19-21-12-5-13-22-19)20-16-7-2-4-9-18(16)23-17/h1-4,6-9,19H,5,10-13H2. The number of aliphatic imine (C=N–C) groups is 1. The molecule has 2 aliphatic heterocycles. The molecule has 2 heterocycles. The quantitative estimate of drug-likeness (QED) is 0.811. The van der Waals surface area contributed by atoms with Gasteiger partial charge < -0.3 is 9.47 Å². The van der Waals surface area contributed by atoms with Gasteiger partial charge in [-0.1, -0.05) is 42.1 Å². The van der Waals surface area contributed by atoms with Crippen molar-refractivity contribution in [2.75, 3.05) is 13.2 Å². The SMILES string of the molecule is c1ccc2c(c1)N=C(CCC1OCCCO1)c1ccccc1S2. The number of fused-ring (bicyclic) bond motifs is 2. The van der Waals surface area contributed by atoms with Gasteiger partial charge in [-0.05, 0) is 31.0 Å². The smallest absolute Gasteiger partial charge is 0.157 e. The molecule has 2 aromatic rings. The molecule has 0 atom stereocenters. The van der Waals surface area contributed by atoms with E-state index in [1.54, 1.807) is 11.8 Å². The van der Waals surface area contributed by atoms with Crippen LogP contribution in [0.4, 0.5) is 5.69 Å². The lowest BCUT2D eigenvalue weighted by atomic mass is 10.0. The fraction of sp³-hybridized carbons (Fsp3) is 0.316. The Balaban J connectivity index is 1.64. The largest absolute Gasteiger partial charge is 0.353 e. The van der Waals surface area contributed by atoms with Gasteiger partial charge in [-0.3, -0.25) is 4.99 Å². The highest BCUT2D eigenvalue weighted by Gasteiger charge is 2.20. The first-order valence-corrected chi connectivity index (χ1v) is 8.89. The molecular weight excluding hydrogens is 306 g/mol. The molecule has 0 amide bonds. The highest BCUT2D eigenvalue weighted by atomic mass is 32.2. The van der Waals surface area contributed by atoms with Crippen LogP contribution in [0.2, 0.25) is 0 Å². The number of hydrogen-bond donors (Lipinski definition) is 0. The van der Waals surface area contributed by atoms with Crippen LogP contribution < -0.4 is 0 Å². The second-order valence-corrected chi connectivity index (χ2v) is 6.77. The molecule has 3 nitrogen and oxygen atoms in total. The Morgan fingerprint density at radius 1 is 0.957 bits per heavy atom. The Kier molecular flexibility index (Phi) is 4.46. The van der Waals surface area contributed by atoms with Crippen molar-refractivity contribution in [1.82, 2.24) is 0 Å². The minimum Gasteiger partial charge on any atom is -0.353 e. The van der Waals surface area contributed by atoms with Crippen LogP contribution >= 0.6 is 11.8 Å². The zero-order valence-electron chi connectivity index (χ0n) is 12.9. The molecule has 23 heavy (non-hydrogen) atoms. The topological polar surface area (TPSA) is 30.8 Å². The van der Waals surface area contributed by atoms with E-state index in [-0.39, 0.29) is 6.29 Å². The van der Waals surface area contributed by atoms with Gasteiger partial charge in [0.2, 0.25) is 0 Å². The van der Waals surface area contributed by atoms with E-state index in [1.165, 1.54) is 15.4 Å². The van der Waals surface area contributed by atoms with E-state index >= 15 is 0 Å². The van der Waals surface area contributed by atoms with Crippen LogP contribution in [-0.4, -0.2) is 25.2 Å². The molecule has 4 rings (SSSR count). The molecule has 0 aliphatic carbocycles. The molecule has 0 N–H and O–H groups in total. The van der Waals surface area contributed by atoms with Crippen LogP contribution in [0.15, 0.2) is 63.3 Å². The van der Waals surface area contributed by atoms with Gasteiger partial charge in [-0.25, -0.2) is 0 Å². The average Bonchev–Trinajstić information content (AvgIpc) is 2.77. The van der Waals surface area contributed by atoms with Crippen LogP contribution in [0.1, 0.15) is 24.8 Å². The van der Waals surface area contributed by atoms with E-state index in [9.17, 15) is 0 Å². The second kappa shape index (κ2) is 6.87. The highest BCUT2D eigenvalue weighted by molar-refractivity contribution is 7.99. The summed E-state index contributed by atoms with van der Waals surface area (Å²) < 4.78 is 11.4. The van der Waals surface area contributed by atoms with Gasteiger partial charge in [0, 0.05) is 27.5 Å². The Morgan fingerprint density at radius 2 is 1.70 bits per heavy atom. The van der Waals surface area contributed by atoms with Crippen LogP contribution in [0.25, 0.3) is 0 Å². The lowest BCUT2D eigenvalue weighted by molar-refractivity contribution is -0.180. The maximum Gasteiger partial charge on any atom is 0.157 e. The lowest BCUT2D eigenvalue weighted by Crippen LogP contribution is -2.25. The average molecular weight is 325 g/mol. The fourth-order valence-corrected chi connectivity index (χ4v) is 3.95. The maximum atomic E-state index is 5.68. The maximum absolute atomic E-state index is 5.68. The van der Waals surface area contributed by atoms with Gasteiger partial charge in [0.05, 0.1) is 18.9 Å². The van der Waals surface area contributed by atoms with Gasteiger partial charge >= 0.3 is 0 Å². The van der Waals surface area contributed by atoms with E-state index < -0.39 is 0 Å². The number of benzene rings is 2. The summed E-state index contributed by atoms with van der Waals surface area (Å²) in [6.45, 7) is 1.60. The lowest BCUT2D eigenvalue weighted by Gasteiger charge is -2.23. The van der Waals surface area contributed by atoms with Crippen LogP contribution in [0, 0.1) is 0 Å². The summed E-state index contributed by atoms with van der Waals surface area (Å²) in [6.07, 6.45) is 2.60. The summed E-state index contributed by atoms with van der Waals surface area (Å²) >= 11 is 1.79. The van der Waals surface area contributed by atoms with Crippen molar-refractivity contribution in [2.45, 2.75) is 35.3 Å². The van der Waals surface area contributed by atoms with Crippen molar-refractivity contribution in [1.29, 1.82) is 0 Å². The Hall–Kier alpha value is -1.62. The normalized spacial score (nSPS) is 17.8. The number of rotatable bonds is 3. The first-order valence-electron chi connectivity index (χ1n) is 8.07. The molecule has 2 aromatic carbocycles. The molecule has 0 spiro atoms. The van der Waals surface area contributed by atoms with Gasteiger partial charge in [0.25, 0.3) is 0 Å². The van der Waals surface area contributed by atoms with E-state index in [0.29, 0.717) is 0 Å². The van der Waals surface area contributed by atoms with Crippen molar-refractivity contribution >= 4 is 23.2 Å². The molecule has 0 aromatic heterocycles. The number of para-hydroxylation sites is 1. The third kappa shape index (κ3) is 3.34. The predicted molar refractivity (Wildman–Crippen MR) is 92.7 cm³/mol. The van der Waals surface area contributed by atoms with E-state index in [0.717, 1.165) is 43.9 Å². The molecule has 0 bridgehead atoms. The Morgan fingerprint density at radius 3 is 2.57 bits per heavy atom. The molecule has 1 fully saturated rings. The zero-order valence-corrected chi connectivity index (χ0v) is 13.7. The third-order valence-corrected chi connectivity index (χ3v) is 5.19. The van der Waals surface area contributed by atoms with Gasteiger partial charge in [0.15, 0.2) is 6.29 Å². The minimum absolute atomic E-state index is 0.0928. The van der Waals surface area contributed by atoms with Crippen molar-refractivity contribution in [2.24, 2.45) is 4.99 Å². The molecule has 1 saturated heterocycles.